The lowest BCUT2D eigenvalue weighted by Gasteiger charge is -2.20. The zero-order chi connectivity index (χ0) is 107. The third-order valence-electron chi connectivity index (χ3n) is 23.7. The first-order valence-corrected chi connectivity index (χ1v) is 54.5. The molecule has 0 bridgehead atoms. The number of nitrogens with zero attached hydrogens (tertiary/aromatic N) is 12. The Morgan fingerprint density at radius 1 is 0.397 bits per heavy atom. The number of aryl methyl sites for hydroxylation is 4. The van der Waals surface area contributed by atoms with Crippen LogP contribution in [0.2, 0.25) is 40.2 Å². The van der Waals surface area contributed by atoms with Crippen LogP contribution in [-0.4, -0.2) is 247 Å². The average Bonchev–Trinajstić information content (AvgIpc) is 0.875. The number of carbonyl (C=O) groups excluding carboxylic acids is 2. The quantitative estimate of drug-likeness (QED) is 0.0256. The Morgan fingerprint density at radius 2 is 0.658 bits per heavy atom. The van der Waals surface area contributed by atoms with Gasteiger partial charge < -0.3 is 74.9 Å². The fourth-order valence-corrected chi connectivity index (χ4v) is 26.1. The smallest absolute Gasteiger partial charge is 0.259 e. The first-order chi connectivity index (χ1) is 69.2. The van der Waals surface area contributed by atoms with Gasteiger partial charge in [-0.3, -0.25) is 47.0 Å². The lowest BCUT2D eigenvalue weighted by molar-refractivity contribution is -0.117. The third kappa shape index (κ3) is 26.1. The van der Waals surface area contributed by atoms with E-state index < -0.39 is 75.9 Å². The molecule has 52 heteroatoms. The molecule has 5 aliphatic heterocycles. The molecule has 0 aliphatic carbocycles. The molecule has 4 aromatic carbocycles. The van der Waals surface area contributed by atoms with E-state index in [9.17, 15) is 54.0 Å². The lowest BCUT2D eigenvalue weighted by atomic mass is 10.0. The number of ether oxygens (including phenoxy) is 9. The highest BCUT2D eigenvalue weighted by Crippen LogP contribution is 2.50. The van der Waals surface area contributed by atoms with E-state index in [1.54, 1.807) is 69.9 Å². The van der Waals surface area contributed by atoms with Crippen LogP contribution in [0.4, 0.5) is 23.8 Å². The number of anilines is 4. The van der Waals surface area contributed by atoms with E-state index in [0.717, 1.165) is 36.9 Å². The van der Waals surface area contributed by atoms with Crippen molar-refractivity contribution in [2.45, 2.75) is 76.8 Å². The van der Waals surface area contributed by atoms with Crippen LogP contribution in [-0.2, 0) is 72.0 Å². The topological polar surface area (TPSA) is 497 Å². The molecule has 0 radical (unpaired) electrons. The normalized spacial score (nSPS) is 18.5. The summed E-state index contributed by atoms with van der Waals surface area (Å²) in [5.74, 6) is 5.07. The van der Waals surface area contributed by atoms with Gasteiger partial charge in [0.25, 0.3) is 22.2 Å². The molecule has 8 atom stereocenters. The van der Waals surface area contributed by atoms with Gasteiger partial charge in [-0.05, 0) is 78.4 Å². The molecule has 13 heterocycles. The number of nitrogens with one attached hydrogen (secondary N) is 5. The molecule has 39 nitrogen and oxygen atoms in total. The second-order valence-corrected chi connectivity index (χ2v) is 44.2. The Labute approximate surface area is 889 Å². The summed E-state index contributed by atoms with van der Waals surface area (Å²) in [6.45, 7) is 16.5. The number of aromatic nitrogens is 12. The van der Waals surface area contributed by atoms with E-state index in [4.69, 9.17) is 153 Å². The van der Waals surface area contributed by atoms with Crippen molar-refractivity contribution >= 4 is 225 Å². The van der Waals surface area contributed by atoms with Crippen LogP contribution in [0.1, 0.15) is 40.5 Å². The number of fused-ring (bicyclic) bond motifs is 4. The fraction of sp³-hybridized carbons (Fsp3) is 0.383. The van der Waals surface area contributed by atoms with Gasteiger partial charge >= 0.3 is 0 Å². The summed E-state index contributed by atoms with van der Waals surface area (Å²) in [7, 11) is 8.24. The molecule has 17 rings (SSSR count). The van der Waals surface area contributed by atoms with Gasteiger partial charge in [0.05, 0.1) is 172 Å². The van der Waals surface area contributed by atoms with Crippen molar-refractivity contribution in [3.8, 4) is 90.5 Å². The van der Waals surface area contributed by atoms with Gasteiger partial charge in [-0.2, -0.15) is 31.7 Å². The molecule has 5 saturated heterocycles. The summed E-state index contributed by atoms with van der Waals surface area (Å²) < 4.78 is 125. The predicted molar refractivity (Wildman–Crippen MR) is 577 cm³/mol. The van der Waals surface area contributed by atoms with Gasteiger partial charge in [-0.1, -0.05) is 134 Å². The first-order valence-electron chi connectivity index (χ1n) is 44.5. The number of hydrogen-bond acceptors (Lipinski definition) is 35. The average molecular weight is 2270 g/mol. The highest BCUT2D eigenvalue weighted by Gasteiger charge is 2.41. The zero-order valence-electron chi connectivity index (χ0n) is 81.7. The van der Waals surface area contributed by atoms with Crippen molar-refractivity contribution in [1.82, 2.24) is 63.5 Å². The van der Waals surface area contributed by atoms with Gasteiger partial charge in [0.15, 0.2) is 29.5 Å². The number of methoxy groups -OCH3 is 8. The number of hydrogen-bond donors (Lipinski definition) is 6. The van der Waals surface area contributed by atoms with Crippen LogP contribution < -0.4 is 92.4 Å². The largest absolute Gasteiger partial charge is 0.495 e. The van der Waals surface area contributed by atoms with Crippen molar-refractivity contribution in [3.05, 3.63) is 180 Å². The van der Waals surface area contributed by atoms with Crippen molar-refractivity contribution in [2.75, 3.05) is 137 Å². The number of nitrogens with two attached hydrogens (primary N) is 1. The van der Waals surface area contributed by atoms with Gasteiger partial charge in [0.1, 0.15) is 68.6 Å². The van der Waals surface area contributed by atoms with Crippen molar-refractivity contribution in [3.63, 3.8) is 0 Å². The maximum atomic E-state index is 13.4. The summed E-state index contributed by atoms with van der Waals surface area (Å²) in [6, 6.07) is 10.2. The number of carbonyl (C=O) groups is 2. The van der Waals surface area contributed by atoms with E-state index in [0.29, 0.717) is 102 Å². The van der Waals surface area contributed by atoms with E-state index in [2.05, 4.69) is 86.5 Å². The minimum Gasteiger partial charge on any atom is -0.495 e. The molecular weight excluding hydrogens is 2160 g/mol. The van der Waals surface area contributed by atoms with Crippen LogP contribution in [0.5, 0.6) is 46.0 Å². The van der Waals surface area contributed by atoms with E-state index in [-0.39, 0.29) is 166 Å². The van der Waals surface area contributed by atoms with Crippen molar-refractivity contribution in [1.29, 1.82) is 0 Å². The SMILES string of the molecule is C1CCOC1.C=CC(=O)Cl.C=CC(=O)NC1CS(=O)(=O)CC1Nc1ncc2cc(-c3c(Cl)c(OC)cc(OC)c3Cl)c(=O)n(C)c2n1.CC.COc1cc(OC)c(Cl)c(-c2cc3cnc(NC4CS(=O)(=O)CC4C)nc3n(C)c2=O)c1Cl.COc1cc(OC)c(Cl)c(-c2cc3cnc(NC4CS(=O)(=O)CC4N)nc3n(C)c2=O)c1Cl.COc1cc(OC)c(Cl)c(-c2cc3cnc(NC4CSCC4C)nc3n(C)c2=O)c1Cl. The number of amides is 1. The standard InChI is InChI=1S/C23H23Cl2N5O6S.C21H22Cl2N4O5S.C21H22Cl2N4O3S.C20H21Cl2N5O5S.C4H8O.C3H3ClO.C2H6/c1-5-17(31)27-13-9-37(33,34)10-14(13)28-23-26-8-11-6-12(22(32)30(2)21(11)29-23)18-19(24)15(35-3)7-16(36-4)20(18)25;1-10-8-33(29,30)9-13(10)25-21-24-7-11-5-12(20(28)27(2)19(11)26-21)16-17(22)14(31-3)6-15(32-4)18(16)23;1-10-8-31-9-13(10)25-21-24-7-11-5-12(20(28)27(2)19(11)26-21)16-17(22)14(29-3)6-15(30-4)18(16)23;1-27-18-9(6-24-20(26-18)25-12-8-33(29,30)7-11(12)23)4-10(19(27)28)15-16(21)13(31-2)5-14(32-3)17(15)22;1-2-4-5-3-1;1-2-3(4)5;1-2/h5-8,13-14H,1,9-10H2,2-4H3,(H,27,31)(H,26,28,29);5-7,10,13H,8-9H2,1-4H3,(H,24,25,26);5-7,10,13H,8-9H2,1-4H3,(H,24,25,26);4-6,11-12H,7-8,23H2,1-3H3,(H,24,25,26);1-4H2;2H,1H2;1-2H3. The molecule has 5 aliphatic rings. The minimum absolute atomic E-state index is 0.0160. The molecule has 8 unspecified atom stereocenters. The van der Waals surface area contributed by atoms with Crippen LogP contribution in [0.3, 0.4) is 0 Å². The maximum absolute atomic E-state index is 13.4. The maximum Gasteiger partial charge on any atom is 0.259 e. The Morgan fingerprint density at radius 3 is 0.897 bits per heavy atom. The van der Waals surface area contributed by atoms with Crippen molar-refractivity contribution in [2.24, 2.45) is 45.8 Å². The highest BCUT2D eigenvalue weighted by molar-refractivity contribution is 7.99. The minimum atomic E-state index is -3.40. The number of allylic oxidation sites excluding steroid dienone is 1. The highest BCUT2D eigenvalue weighted by atomic mass is 35.5. The Hall–Kier alpha value is -11.0. The molecule has 5 fully saturated rings. The number of benzene rings is 4. The second kappa shape index (κ2) is 49.9. The molecule has 12 aromatic rings. The van der Waals surface area contributed by atoms with E-state index in [1.165, 1.54) is 120 Å². The van der Waals surface area contributed by atoms with Gasteiger partial charge in [-0.15, -0.1) is 0 Å². The molecular formula is C94H105Cl9N18O21S4. The fourth-order valence-electron chi connectivity index (χ4n) is 16.1. The van der Waals surface area contributed by atoms with Gasteiger partial charge in [0, 0.05) is 158 Å². The summed E-state index contributed by atoms with van der Waals surface area (Å²) in [5.41, 5.74) is 7.97. The van der Waals surface area contributed by atoms with Crippen LogP contribution >= 0.6 is 116 Å². The summed E-state index contributed by atoms with van der Waals surface area (Å²) in [4.78, 5) is 110. The zero-order valence-corrected chi connectivity index (χ0v) is 91.7. The van der Waals surface area contributed by atoms with Crippen LogP contribution in [0.15, 0.2) is 118 Å². The summed E-state index contributed by atoms with van der Waals surface area (Å²) in [6.07, 6.45) is 10.9. The van der Waals surface area contributed by atoms with Crippen LogP contribution in [0.25, 0.3) is 88.6 Å². The van der Waals surface area contributed by atoms with Gasteiger partial charge in [0.2, 0.25) is 34.9 Å². The molecule has 146 heavy (non-hydrogen) atoms. The third-order valence-corrected chi connectivity index (χ3v) is 33.6. The Bertz CT molecular complexity index is 7330. The molecule has 0 spiro atoms. The predicted octanol–water partition coefficient (Wildman–Crippen LogP) is 14.5. The number of pyridine rings is 4. The molecule has 7 N–H and O–H groups in total. The summed E-state index contributed by atoms with van der Waals surface area (Å²) >= 11 is 58.7. The van der Waals surface area contributed by atoms with Crippen molar-refractivity contribution < 1.29 is 77.5 Å². The molecule has 8 aromatic heterocycles. The Kier molecular flexibility index (Phi) is 39.4. The number of rotatable bonds is 23. The van der Waals surface area contributed by atoms with E-state index >= 15 is 0 Å². The van der Waals surface area contributed by atoms with E-state index in [1.807, 2.05) is 32.5 Å². The second-order valence-electron chi connectivity index (χ2n) is 33.3. The first kappa shape index (κ1) is 115. The molecule has 1 amide bonds. The molecule has 0 saturated carbocycles. The Balaban J connectivity index is 0.000000178. The van der Waals surface area contributed by atoms with Crippen LogP contribution in [0, 0.1) is 11.8 Å². The van der Waals surface area contributed by atoms with Gasteiger partial charge in [-0.25, -0.2) is 45.2 Å². The summed E-state index contributed by atoms with van der Waals surface area (Å²) in [5, 5.41) is 18.2. The molecule has 784 valence electrons. The lowest BCUT2D eigenvalue weighted by Crippen LogP contribution is -2.45. The monoisotopic (exact) mass is 2260 g/mol. The number of halogens is 9. The number of sulfone groups is 3. The number of thioether (sulfide) groups is 1.